The molecule has 1 N–H and O–H groups in total. The van der Waals surface area contributed by atoms with E-state index >= 15 is 0 Å². The van der Waals surface area contributed by atoms with Crippen LogP contribution in [0, 0.1) is 5.41 Å². The van der Waals surface area contributed by atoms with Gasteiger partial charge in [0.1, 0.15) is 0 Å². The van der Waals surface area contributed by atoms with E-state index < -0.39 is 10.0 Å². The first-order valence-electron chi connectivity index (χ1n) is 6.29. The van der Waals surface area contributed by atoms with E-state index in [-0.39, 0.29) is 5.41 Å². The van der Waals surface area contributed by atoms with Gasteiger partial charge in [-0.15, -0.1) is 0 Å². The summed E-state index contributed by atoms with van der Waals surface area (Å²) in [6.07, 6.45) is 4.54. The maximum atomic E-state index is 12.2. The SMILES string of the molecule is O=S(=O)(NCC1(CBr)CCCC1)c1ccc(Br)cc1. The average Bonchev–Trinajstić information content (AvgIpc) is 2.87. The molecule has 19 heavy (non-hydrogen) atoms. The largest absolute Gasteiger partial charge is 0.240 e. The molecule has 1 aliphatic rings. The zero-order valence-corrected chi connectivity index (χ0v) is 14.5. The lowest BCUT2D eigenvalue weighted by Crippen LogP contribution is -2.37. The Hall–Kier alpha value is 0.0900. The number of sulfonamides is 1. The van der Waals surface area contributed by atoms with Crippen molar-refractivity contribution in [3.05, 3.63) is 28.7 Å². The Balaban J connectivity index is 2.07. The Kier molecular flexibility index (Phi) is 5.09. The summed E-state index contributed by atoms with van der Waals surface area (Å²) >= 11 is 6.83. The number of nitrogens with one attached hydrogen (secondary N) is 1. The summed E-state index contributed by atoms with van der Waals surface area (Å²) in [5.74, 6) is 0. The van der Waals surface area contributed by atoms with Gasteiger partial charge in [0.05, 0.1) is 4.90 Å². The van der Waals surface area contributed by atoms with E-state index in [9.17, 15) is 8.42 Å². The summed E-state index contributed by atoms with van der Waals surface area (Å²) in [5.41, 5.74) is 0.0857. The molecule has 1 saturated carbocycles. The van der Waals surface area contributed by atoms with Crippen molar-refractivity contribution in [2.75, 3.05) is 11.9 Å². The third-order valence-corrected chi connectivity index (χ3v) is 6.84. The van der Waals surface area contributed by atoms with E-state index in [1.54, 1.807) is 24.3 Å². The normalized spacial score (nSPS) is 18.6. The van der Waals surface area contributed by atoms with Gasteiger partial charge in [-0.2, -0.15) is 0 Å². The summed E-state index contributed by atoms with van der Waals surface area (Å²) in [4.78, 5) is 0.318. The summed E-state index contributed by atoms with van der Waals surface area (Å²) in [5, 5.41) is 0.850. The van der Waals surface area contributed by atoms with Gasteiger partial charge in [0.2, 0.25) is 10.0 Å². The highest BCUT2D eigenvalue weighted by molar-refractivity contribution is 9.10. The molecule has 0 amide bonds. The summed E-state index contributed by atoms with van der Waals surface area (Å²) in [6.45, 7) is 0.511. The smallest absolute Gasteiger partial charge is 0.211 e. The summed E-state index contributed by atoms with van der Waals surface area (Å²) < 4.78 is 28.1. The molecule has 3 nitrogen and oxygen atoms in total. The molecule has 0 heterocycles. The molecule has 1 aliphatic carbocycles. The minimum atomic E-state index is -3.40. The van der Waals surface area contributed by atoms with E-state index in [4.69, 9.17) is 0 Å². The third-order valence-electron chi connectivity index (χ3n) is 3.71. The number of alkyl halides is 1. The topological polar surface area (TPSA) is 46.2 Å². The quantitative estimate of drug-likeness (QED) is 0.752. The number of rotatable bonds is 5. The lowest BCUT2D eigenvalue weighted by Gasteiger charge is -2.26. The maximum Gasteiger partial charge on any atom is 0.240 e. The summed E-state index contributed by atoms with van der Waals surface area (Å²) in [7, 11) is -3.40. The molecule has 1 aromatic rings. The first-order valence-corrected chi connectivity index (χ1v) is 9.68. The lowest BCUT2D eigenvalue weighted by molar-refractivity contribution is 0.347. The van der Waals surface area contributed by atoms with Crippen molar-refractivity contribution < 1.29 is 8.42 Å². The number of benzene rings is 1. The van der Waals surface area contributed by atoms with Gasteiger partial charge in [-0.1, -0.05) is 44.7 Å². The Morgan fingerprint density at radius 1 is 1.16 bits per heavy atom. The monoisotopic (exact) mass is 409 g/mol. The van der Waals surface area contributed by atoms with Crippen molar-refractivity contribution >= 4 is 41.9 Å². The maximum absolute atomic E-state index is 12.2. The Labute approximate surface area is 131 Å². The zero-order valence-electron chi connectivity index (χ0n) is 10.5. The van der Waals surface area contributed by atoms with Gasteiger partial charge in [0.15, 0.2) is 0 Å². The van der Waals surface area contributed by atoms with E-state index in [0.29, 0.717) is 11.4 Å². The molecule has 0 atom stereocenters. The molecular weight excluding hydrogens is 394 g/mol. The molecule has 0 saturated heterocycles. The highest BCUT2D eigenvalue weighted by Crippen LogP contribution is 2.39. The first-order chi connectivity index (χ1) is 8.97. The Bertz CT molecular complexity index is 522. The molecule has 0 radical (unpaired) electrons. The third kappa shape index (κ3) is 3.80. The van der Waals surface area contributed by atoms with Crippen LogP contribution in [0.2, 0.25) is 0 Å². The van der Waals surface area contributed by atoms with Crippen molar-refractivity contribution in [1.82, 2.24) is 4.72 Å². The number of hydrogen-bond acceptors (Lipinski definition) is 2. The fraction of sp³-hybridized carbons (Fsp3) is 0.538. The fourth-order valence-electron chi connectivity index (χ4n) is 2.43. The van der Waals surface area contributed by atoms with Crippen molar-refractivity contribution in [1.29, 1.82) is 0 Å². The van der Waals surface area contributed by atoms with E-state index in [0.717, 1.165) is 22.6 Å². The Morgan fingerprint density at radius 2 is 1.74 bits per heavy atom. The minimum Gasteiger partial charge on any atom is -0.211 e. The number of hydrogen-bond donors (Lipinski definition) is 1. The van der Waals surface area contributed by atoms with Crippen LogP contribution in [0.4, 0.5) is 0 Å². The second-order valence-electron chi connectivity index (χ2n) is 5.12. The van der Waals surface area contributed by atoms with Crippen molar-refractivity contribution in [2.24, 2.45) is 5.41 Å². The zero-order chi connectivity index (χ0) is 13.9. The molecule has 1 fully saturated rings. The minimum absolute atomic E-state index is 0.0857. The fourth-order valence-corrected chi connectivity index (χ4v) is 4.61. The van der Waals surface area contributed by atoms with Crippen LogP contribution in [0.15, 0.2) is 33.6 Å². The van der Waals surface area contributed by atoms with Crippen LogP contribution in [0.1, 0.15) is 25.7 Å². The molecule has 0 aromatic heterocycles. The van der Waals surface area contributed by atoms with Crippen LogP contribution < -0.4 is 4.72 Å². The predicted molar refractivity (Wildman–Crippen MR) is 84.0 cm³/mol. The molecule has 1 aromatic carbocycles. The van der Waals surface area contributed by atoms with E-state index in [2.05, 4.69) is 36.6 Å². The van der Waals surface area contributed by atoms with Gasteiger partial charge < -0.3 is 0 Å². The average molecular weight is 411 g/mol. The van der Waals surface area contributed by atoms with Gasteiger partial charge in [0.25, 0.3) is 0 Å². The van der Waals surface area contributed by atoms with Crippen LogP contribution in [0.3, 0.4) is 0 Å². The predicted octanol–water partition coefficient (Wildman–Crippen LogP) is 3.68. The molecule has 0 aliphatic heterocycles. The molecule has 0 unspecified atom stereocenters. The second-order valence-corrected chi connectivity index (χ2v) is 8.36. The highest BCUT2D eigenvalue weighted by Gasteiger charge is 2.34. The van der Waals surface area contributed by atoms with Gasteiger partial charge in [0, 0.05) is 16.3 Å². The van der Waals surface area contributed by atoms with Crippen LogP contribution in [-0.2, 0) is 10.0 Å². The van der Waals surface area contributed by atoms with E-state index in [1.807, 2.05) is 0 Å². The molecule has 0 spiro atoms. The van der Waals surface area contributed by atoms with Crippen molar-refractivity contribution in [3.8, 4) is 0 Å². The van der Waals surface area contributed by atoms with Crippen molar-refractivity contribution in [3.63, 3.8) is 0 Å². The van der Waals surface area contributed by atoms with Crippen molar-refractivity contribution in [2.45, 2.75) is 30.6 Å². The molecule has 106 valence electrons. The van der Waals surface area contributed by atoms with Crippen LogP contribution >= 0.6 is 31.9 Å². The second kappa shape index (κ2) is 6.24. The number of halogens is 2. The van der Waals surface area contributed by atoms with E-state index in [1.165, 1.54) is 12.8 Å². The summed E-state index contributed by atoms with van der Waals surface area (Å²) in [6, 6.07) is 6.71. The van der Waals surface area contributed by atoms with Gasteiger partial charge >= 0.3 is 0 Å². The van der Waals surface area contributed by atoms with Gasteiger partial charge in [-0.05, 0) is 42.5 Å². The lowest BCUT2D eigenvalue weighted by atomic mass is 9.89. The van der Waals surface area contributed by atoms with Crippen LogP contribution in [0.25, 0.3) is 0 Å². The van der Waals surface area contributed by atoms with Gasteiger partial charge in [-0.3, -0.25) is 0 Å². The highest BCUT2D eigenvalue weighted by atomic mass is 79.9. The molecule has 2 rings (SSSR count). The first kappa shape index (κ1) is 15.5. The van der Waals surface area contributed by atoms with Crippen LogP contribution in [0.5, 0.6) is 0 Å². The van der Waals surface area contributed by atoms with Gasteiger partial charge in [-0.25, -0.2) is 13.1 Å². The molecular formula is C13H17Br2NO2S. The molecule has 6 heteroatoms. The molecule has 0 bridgehead atoms. The standard InChI is InChI=1S/C13H17Br2NO2S/c14-9-13(7-1-2-8-13)10-16-19(17,18)12-5-3-11(15)4-6-12/h3-6,16H,1-2,7-10H2. The van der Waals surface area contributed by atoms with Crippen LogP contribution in [-0.4, -0.2) is 20.3 Å². The Morgan fingerprint density at radius 3 is 2.26 bits per heavy atom.